The number of hydrogen-bond acceptors (Lipinski definition) is 4. The Bertz CT molecular complexity index is 521. The molecule has 0 N–H and O–H groups in total. The Morgan fingerprint density at radius 3 is 2.35 bits per heavy atom. The average molecular weight is 268 g/mol. The van der Waals surface area contributed by atoms with Crippen molar-refractivity contribution in [2.45, 2.75) is 13.0 Å². The third kappa shape index (κ3) is 2.80. The standard InChI is InChI=1S/C16H20N4/c1-14(16-4-2-3-7-18-16)19-10-12-20(13-11-19)15-5-8-17-9-6-15/h2-9,14H,10-13H2,1H3. The topological polar surface area (TPSA) is 32.3 Å². The van der Waals surface area contributed by atoms with Crippen molar-refractivity contribution in [2.24, 2.45) is 0 Å². The normalized spacial score (nSPS) is 17.9. The lowest BCUT2D eigenvalue weighted by Gasteiger charge is -2.38. The van der Waals surface area contributed by atoms with Crippen LogP contribution in [0.3, 0.4) is 0 Å². The molecular formula is C16H20N4. The van der Waals surface area contributed by atoms with Gasteiger partial charge in [0.25, 0.3) is 0 Å². The van der Waals surface area contributed by atoms with E-state index in [0.717, 1.165) is 31.9 Å². The van der Waals surface area contributed by atoms with Crippen LogP contribution in [0.15, 0.2) is 48.9 Å². The summed E-state index contributed by atoms with van der Waals surface area (Å²) in [5.74, 6) is 0. The third-order valence-corrected chi connectivity index (χ3v) is 4.01. The molecule has 2 aromatic heterocycles. The lowest BCUT2D eigenvalue weighted by Crippen LogP contribution is -2.47. The molecule has 4 heteroatoms. The Morgan fingerprint density at radius 1 is 0.950 bits per heavy atom. The zero-order valence-corrected chi connectivity index (χ0v) is 11.8. The lowest BCUT2D eigenvalue weighted by molar-refractivity contribution is 0.195. The highest BCUT2D eigenvalue weighted by atomic mass is 15.3. The Kier molecular flexibility index (Phi) is 3.92. The first-order valence-corrected chi connectivity index (χ1v) is 7.14. The summed E-state index contributed by atoms with van der Waals surface area (Å²) in [6.07, 6.45) is 5.59. The molecule has 104 valence electrons. The Morgan fingerprint density at radius 2 is 1.70 bits per heavy atom. The zero-order valence-electron chi connectivity index (χ0n) is 11.8. The third-order valence-electron chi connectivity index (χ3n) is 4.01. The minimum absolute atomic E-state index is 0.385. The van der Waals surface area contributed by atoms with E-state index in [-0.39, 0.29) is 0 Å². The molecule has 4 nitrogen and oxygen atoms in total. The van der Waals surface area contributed by atoms with E-state index < -0.39 is 0 Å². The van der Waals surface area contributed by atoms with E-state index in [2.05, 4.69) is 51.0 Å². The van der Waals surface area contributed by atoms with Gasteiger partial charge in [0.15, 0.2) is 0 Å². The van der Waals surface area contributed by atoms with Gasteiger partial charge in [-0.2, -0.15) is 0 Å². The van der Waals surface area contributed by atoms with Gasteiger partial charge in [-0.3, -0.25) is 14.9 Å². The summed E-state index contributed by atoms with van der Waals surface area (Å²) >= 11 is 0. The minimum Gasteiger partial charge on any atom is -0.369 e. The molecule has 1 saturated heterocycles. The smallest absolute Gasteiger partial charge is 0.0572 e. The van der Waals surface area contributed by atoms with E-state index in [1.54, 1.807) is 0 Å². The van der Waals surface area contributed by atoms with Crippen LogP contribution >= 0.6 is 0 Å². The van der Waals surface area contributed by atoms with Crippen LogP contribution in [0, 0.1) is 0 Å². The largest absolute Gasteiger partial charge is 0.369 e. The molecule has 20 heavy (non-hydrogen) atoms. The molecule has 0 radical (unpaired) electrons. The van der Waals surface area contributed by atoms with Gasteiger partial charge in [0.05, 0.1) is 5.69 Å². The van der Waals surface area contributed by atoms with Crippen LogP contribution in [0.5, 0.6) is 0 Å². The molecule has 0 saturated carbocycles. The number of rotatable bonds is 3. The Balaban J connectivity index is 1.61. The van der Waals surface area contributed by atoms with Gasteiger partial charge in [0.1, 0.15) is 0 Å². The molecule has 0 spiro atoms. The second kappa shape index (κ2) is 6.01. The molecular weight excluding hydrogens is 248 g/mol. The summed E-state index contributed by atoms with van der Waals surface area (Å²) in [5, 5.41) is 0. The molecule has 0 bridgehead atoms. The number of piperazine rings is 1. The van der Waals surface area contributed by atoms with Crippen LogP contribution in [0.25, 0.3) is 0 Å². The van der Waals surface area contributed by atoms with Crippen LogP contribution in [-0.2, 0) is 0 Å². The van der Waals surface area contributed by atoms with Gasteiger partial charge < -0.3 is 4.90 Å². The number of nitrogens with zero attached hydrogens (tertiary/aromatic N) is 4. The van der Waals surface area contributed by atoms with E-state index in [4.69, 9.17) is 0 Å². The van der Waals surface area contributed by atoms with Crippen molar-refractivity contribution in [3.8, 4) is 0 Å². The van der Waals surface area contributed by atoms with Crippen molar-refractivity contribution in [1.29, 1.82) is 0 Å². The van der Waals surface area contributed by atoms with Gasteiger partial charge in [-0.05, 0) is 31.2 Å². The van der Waals surface area contributed by atoms with E-state index in [1.165, 1.54) is 5.69 Å². The number of anilines is 1. The number of pyridine rings is 2. The zero-order chi connectivity index (χ0) is 13.8. The van der Waals surface area contributed by atoms with Gasteiger partial charge in [0.2, 0.25) is 0 Å². The molecule has 0 amide bonds. The van der Waals surface area contributed by atoms with E-state index in [9.17, 15) is 0 Å². The van der Waals surface area contributed by atoms with Gasteiger partial charge in [-0.25, -0.2) is 0 Å². The Labute approximate surface area is 120 Å². The van der Waals surface area contributed by atoms with Crippen LogP contribution < -0.4 is 4.90 Å². The molecule has 3 heterocycles. The summed E-state index contributed by atoms with van der Waals surface area (Å²) in [6.45, 7) is 6.49. The summed E-state index contributed by atoms with van der Waals surface area (Å²) in [6, 6.07) is 10.7. The van der Waals surface area contributed by atoms with Crippen LogP contribution in [0.4, 0.5) is 5.69 Å². The fraction of sp³-hybridized carbons (Fsp3) is 0.375. The quantitative estimate of drug-likeness (QED) is 0.855. The first-order chi connectivity index (χ1) is 9.84. The summed E-state index contributed by atoms with van der Waals surface area (Å²) in [4.78, 5) is 13.5. The van der Waals surface area contributed by atoms with Crippen molar-refractivity contribution < 1.29 is 0 Å². The summed E-state index contributed by atoms with van der Waals surface area (Å²) < 4.78 is 0. The van der Waals surface area contributed by atoms with Gasteiger partial charge >= 0.3 is 0 Å². The maximum Gasteiger partial charge on any atom is 0.0572 e. The first-order valence-electron chi connectivity index (χ1n) is 7.14. The fourth-order valence-corrected chi connectivity index (χ4v) is 2.73. The van der Waals surface area contributed by atoms with Crippen molar-refractivity contribution in [3.63, 3.8) is 0 Å². The number of hydrogen-bond donors (Lipinski definition) is 0. The SMILES string of the molecule is CC(c1ccccn1)N1CCN(c2ccncc2)CC1. The molecule has 1 fully saturated rings. The maximum absolute atomic E-state index is 4.47. The molecule has 2 aromatic rings. The highest BCUT2D eigenvalue weighted by Crippen LogP contribution is 2.21. The molecule has 1 aliphatic heterocycles. The molecule has 0 aliphatic carbocycles. The molecule has 0 aromatic carbocycles. The van der Waals surface area contributed by atoms with Gasteiger partial charge in [-0.15, -0.1) is 0 Å². The predicted molar refractivity (Wildman–Crippen MR) is 80.7 cm³/mol. The average Bonchev–Trinajstić information content (AvgIpc) is 2.56. The van der Waals surface area contributed by atoms with Gasteiger partial charge in [-0.1, -0.05) is 6.07 Å². The monoisotopic (exact) mass is 268 g/mol. The molecule has 1 unspecified atom stereocenters. The first kappa shape index (κ1) is 13.1. The van der Waals surface area contributed by atoms with Crippen LogP contribution in [0.2, 0.25) is 0 Å². The maximum atomic E-state index is 4.47. The molecule has 1 aliphatic rings. The summed E-state index contributed by atoms with van der Waals surface area (Å²) in [7, 11) is 0. The summed E-state index contributed by atoms with van der Waals surface area (Å²) in [5.41, 5.74) is 2.43. The molecule has 1 atom stereocenters. The van der Waals surface area contributed by atoms with Gasteiger partial charge in [0, 0.05) is 56.5 Å². The molecule has 3 rings (SSSR count). The highest BCUT2D eigenvalue weighted by molar-refractivity contribution is 5.45. The van der Waals surface area contributed by atoms with Crippen molar-refractivity contribution in [1.82, 2.24) is 14.9 Å². The predicted octanol–water partition coefficient (Wildman–Crippen LogP) is 2.36. The lowest BCUT2D eigenvalue weighted by atomic mass is 10.1. The van der Waals surface area contributed by atoms with E-state index in [0.29, 0.717) is 6.04 Å². The van der Waals surface area contributed by atoms with E-state index in [1.807, 2.05) is 24.7 Å². The second-order valence-electron chi connectivity index (χ2n) is 5.16. The minimum atomic E-state index is 0.385. The van der Waals surface area contributed by atoms with Crippen molar-refractivity contribution >= 4 is 5.69 Å². The Hall–Kier alpha value is -1.94. The van der Waals surface area contributed by atoms with Crippen molar-refractivity contribution in [2.75, 3.05) is 31.1 Å². The van der Waals surface area contributed by atoms with E-state index >= 15 is 0 Å². The number of aromatic nitrogens is 2. The van der Waals surface area contributed by atoms with Crippen LogP contribution in [-0.4, -0.2) is 41.0 Å². The highest BCUT2D eigenvalue weighted by Gasteiger charge is 2.22. The van der Waals surface area contributed by atoms with Crippen LogP contribution in [0.1, 0.15) is 18.7 Å². The fourth-order valence-electron chi connectivity index (χ4n) is 2.73. The van der Waals surface area contributed by atoms with Crippen molar-refractivity contribution in [3.05, 3.63) is 54.6 Å². The second-order valence-corrected chi connectivity index (χ2v) is 5.16.